The summed E-state index contributed by atoms with van der Waals surface area (Å²) in [4.78, 5) is 36.1. The quantitative estimate of drug-likeness (QED) is 0.526. The molecule has 1 aliphatic carbocycles. The maximum atomic E-state index is 13.3. The molecule has 1 saturated carbocycles. The third kappa shape index (κ3) is 6.51. The maximum Gasteiger partial charge on any atom is 0.340 e. The second-order valence-corrected chi connectivity index (χ2v) is 9.29. The molecule has 0 radical (unpaired) electrons. The number of halogens is 1. The summed E-state index contributed by atoms with van der Waals surface area (Å²) in [5.41, 5.74) is -0.0234. The largest absolute Gasteiger partial charge is 0.452 e. The van der Waals surface area contributed by atoms with Gasteiger partial charge in [0.2, 0.25) is 0 Å². The number of sulfonamides is 1. The summed E-state index contributed by atoms with van der Waals surface area (Å²) < 4.78 is 46.1. The fourth-order valence-corrected chi connectivity index (χ4v) is 4.83. The summed E-state index contributed by atoms with van der Waals surface area (Å²) in [5, 5.41) is 4.77. The second kappa shape index (κ2) is 10.4. The Hall–Kier alpha value is -3.47. The predicted octanol–water partition coefficient (Wildman–Crippen LogP) is 2.86. The van der Waals surface area contributed by atoms with Gasteiger partial charge >= 0.3 is 12.0 Å². The first-order valence-corrected chi connectivity index (χ1v) is 11.8. The molecule has 11 heteroatoms. The topological polar surface area (TPSA) is 131 Å². The highest BCUT2D eigenvalue weighted by atomic mass is 32.2. The van der Waals surface area contributed by atoms with Gasteiger partial charge in [0.05, 0.1) is 16.1 Å². The first-order chi connectivity index (χ1) is 15.7. The molecule has 2 aromatic carbocycles. The molecule has 0 unspecified atom stereocenters. The van der Waals surface area contributed by atoms with E-state index in [1.165, 1.54) is 31.2 Å². The van der Waals surface area contributed by atoms with Crippen LogP contribution in [0, 0.1) is 12.7 Å². The van der Waals surface area contributed by atoms with E-state index >= 15 is 0 Å². The van der Waals surface area contributed by atoms with Gasteiger partial charge in [0.15, 0.2) is 6.61 Å². The molecule has 0 heterocycles. The van der Waals surface area contributed by atoms with E-state index in [0.717, 1.165) is 43.9 Å². The Labute approximate surface area is 190 Å². The Morgan fingerprint density at radius 3 is 2.48 bits per heavy atom. The molecule has 0 bridgehead atoms. The van der Waals surface area contributed by atoms with Crippen LogP contribution in [-0.2, 0) is 19.6 Å². The minimum Gasteiger partial charge on any atom is -0.452 e. The van der Waals surface area contributed by atoms with E-state index in [-0.39, 0.29) is 27.8 Å². The molecule has 0 aromatic heterocycles. The molecule has 9 nitrogen and oxygen atoms in total. The molecular formula is C22H24FN3O6S. The third-order valence-corrected chi connectivity index (χ3v) is 6.62. The summed E-state index contributed by atoms with van der Waals surface area (Å²) in [7, 11) is -4.13. The van der Waals surface area contributed by atoms with Crippen LogP contribution >= 0.6 is 0 Å². The Bertz CT molecular complexity index is 1160. The van der Waals surface area contributed by atoms with E-state index in [9.17, 15) is 27.2 Å². The molecule has 0 saturated heterocycles. The fraction of sp³-hybridized carbons (Fsp3) is 0.318. The minimum atomic E-state index is -4.13. The van der Waals surface area contributed by atoms with Gasteiger partial charge in [-0.2, -0.15) is 0 Å². The van der Waals surface area contributed by atoms with Gasteiger partial charge < -0.3 is 10.1 Å². The van der Waals surface area contributed by atoms with Crippen molar-refractivity contribution in [3.8, 4) is 0 Å². The van der Waals surface area contributed by atoms with Crippen LogP contribution in [0.15, 0.2) is 47.4 Å². The lowest BCUT2D eigenvalue weighted by molar-refractivity contribution is -0.123. The standard InChI is InChI=1S/C22H24FN3O6S/c1-14-12-15(23)10-11-19(14)33(30,31)26-18-9-5-4-8-17(18)21(28)32-13-20(27)25-22(29)24-16-6-2-3-7-16/h4-5,8-12,16,26H,2-3,6-7,13H2,1H3,(H2,24,25,27,29). The lowest BCUT2D eigenvalue weighted by Gasteiger charge is -2.14. The first-order valence-electron chi connectivity index (χ1n) is 10.3. The van der Waals surface area contributed by atoms with Crippen molar-refractivity contribution in [3.63, 3.8) is 0 Å². The van der Waals surface area contributed by atoms with E-state index < -0.39 is 40.4 Å². The van der Waals surface area contributed by atoms with Crippen molar-refractivity contribution in [2.45, 2.75) is 43.5 Å². The maximum absolute atomic E-state index is 13.3. The van der Waals surface area contributed by atoms with E-state index in [1.807, 2.05) is 0 Å². The van der Waals surface area contributed by atoms with Crippen LogP contribution in [0.4, 0.5) is 14.9 Å². The van der Waals surface area contributed by atoms with Crippen molar-refractivity contribution in [3.05, 3.63) is 59.4 Å². The number of hydrogen-bond donors (Lipinski definition) is 3. The normalized spacial score (nSPS) is 13.9. The van der Waals surface area contributed by atoms with Gasteiger partial charge in [-0.3, -0.25) is 14.8 Å². The fourth-order valence-electron chi connectivity index (χ4n) is 3.53. The van der Waals surface area contributed by atoms with Crippen molar-refractivity contribution in [1.82, 2.24) is 10.6 Å². The van der Waals surface area contributed by atoms with Crippen LogP contribution in [0.1, 0.15) is 41.6 Å². The van der Waals surface area contributed by atoms with Crippen LogP contribution in [0.25, 0.3) is 0 Å². The highest BCUT2D eigenvalue weighted by Gasteiger charge is 2.22. The summed E-state index contributed by atoms with van der Waals surface area (Å²) in [6.07, 6.45) is 3.72. The van der Waals surface area contributed by atoms with E-state index in [2.05, 4.69) is 15.4 Å². The number of carbonyl (C=O) groups is 3. The smallest absolute Gasteiger partial charge is 0.340 e. The van der Waals surface area contributed by atoms with Crippen LogP contribution in [-0.4, -0.2) is 39.0 Å². The van der Waals surface area contributed by atoms with Crippen molar-refractivity contribution < 1.29 is 31.9 Å². The highest BCUT2D eigenvalue weighted by Crippen LogP contribution is 2.23. The zero-order chi connectivity index (χ0) is 24.0. The average Bonchev–Trinajstić information content (AvgIpc) is 3.24. The Kier molecular flexibility index (Phi) is 7.64. The van der Waals surface area contributed by atoms with Crippen molar-refractivity contribution in [2.75, 3.05) is 11.3 Å². The van der Waals surface area contributed by atoms with Gasteiger partial charge in [-0.15, -0.1) is 0 Å². The highest BCUT2D eigenvalue weighted by molar-refractivity contribution is 7.92. The van der Waals surface area contributed by atoms with Crippen LogP contribution in [0.5, 0.6) is 0 Å². The third-order valence-electron chi connectivity index (χ3n) is 5.10. The number of benzene rings is 2. The number of imide groups is 1. The number of rotatable bonds is 7. The molecule has 3 N–H and O–H groups in total. The molecule has 3 amide bonds. The van der Waals surface area contributed by atoms with Crippen LogP contribution < -0.4 is 15.4 Å². The monoisotopic (exact) mass is 477 g/mol. The van der Waals surface area contributed by atoms with Crippen molar-refractivity contribution in [1.29, 1.82) is 0 Å². The van der Waals surface area contributed by atoms with E-state index in [1.54, 1.807) is 0 Å². The zero-order valence-corrected chi connectivity index (χ0v) is 18.7. The molecule has 176 valence electrons. The minimum absolute atomic E-state index is 0.0185. The van der Waals surface area contributed by atoms with E-state index in [4.69, 9.17) is 4.74 Å². The molecular weight excluding hydrogens is 453 g/mol. The second-order valence-electron chi connectivity index (χ2n) is 7.64. The van der Waals surface area contributed by atoms with Gasteiger partial charge in [0, 0.05) is 6.04 Å². The Morgan fingerprint density at radius 2 is 1.79 bits per heavy atom. The number of carbonyl (C=O) groups excluding carboxylic acids is 3. The molecule has 1 aliphatic rings. The number of ether oxygens (including phenoxy) is 1. The number of urea groups is 1. The summed E-state index contributed by atoms with van der Waals surface area (Å²) in [5.74, 6) is -2.36. The summed E-state index contributed by atoms with van der Waals surface area (Å²) in [6, 6.07) is 8.24. The lowest BCUT2D eigenvalue weighted by Crippen LogP contribution is -2.45. The summed E-state index contributed by atoms with van der Waals surface area (Å²) in [6.45, 7) is 0.717. The van der Waals surface area contributed by atoms with Gasteiger partial charge in [-0.1, -0.05) is 25.0 Å². The van der Waals surface area contributed by atoms with Gasteiger partial charge in [0.25, 0.3) is 15.9 Å². The zero-order valence-electron chi connectivity index (χ0n) is 17.9. The number of anilines is 1. The summed E-state index contributed by atoms with van der Waals surface area (Å²) >= 11 is 0. The number of aryl methyl sites for hydroxylation is 1. The Morgan fingerprint density at radius 1 is 1.09 bits per heavy atom. The average molecular weight is 478 g/mol. The predicted molar refractivity (Wildman–Crippen MR) is 118 cm³/mol. The number of hydrogen-bond acceptors (Lipinski definition) is 6. The van der Waals surface area contributed by atoms with Crippen LogP contribution in [0.3, 0.4) is 0 Å². The SMILES string of the molecule is Cc1cc(F)ccc1S(=O)(=O)Nc1ccccc1C(=O)OCC(=O)NC(=O)NC1CCCC1. The molecule has 1 fully saturated rings. The molecule has 3 rings (SSSR count). The number of amides is 3. The lowest BCUT2D eigenvalue weighted by atomic mass is 10.2. The van der Waals surface area contributed by atoms with E-state index in [0.29, 0.717) is 0 Å². The Balaban J connectivity index is 1.62. The van der Waals surface area contributed by atoms with Gasteiger partial charge in [-0.05, 0) is 55.7 Å². The molecule has 2 aromatic rings. The molecule has 0 atom stereocenters. The van der Waals surface area contributed by atoms with Gasteiger partial charge in [0.1, 0.15) is 5.82 Å². The first kappa shape index (κ1) is 24.2. The van der Waals surface area contributed by atoms with Crippen molar-refractivity contribution >= 4 is 33.6 Å². The number of esters is 1. The van der Waals surface area contributed by atoms with Gasteiger partial charge in [-0.25, -0.2) is 22.4 Å². The number of nitrogens with one attached hydrogen (secondary N) is 3. The molecule has 33 heavy (non-hydrogen) atoms. The van der Waals surface area contributed by atoms with Crippen LogP contribution in [0.2, 0.25) is 0 Å². The van der Waals surface area contributed by atoms with Crippen molar-refractivity contribution in [2.24, 2.45) is 0 Å². The number of para-hydroxylation sites is 1. The molecule has 0 spiro atoms. The molecule has 0 aliphatic heterocycles.